The summed E-state index contributed by atoms with van der Waals surface area (Å²) >= 11 is 5.81. The number of halogens is 1. The van der Waals surface area contributed by atoms with Gasteiger partial charge in [-0.15, -0.1) is 0 Å². The summed E-state index contributed by atoms with van der Waals surface area (Å²) in [6, 6.07) is 7.66. The van der Waals surface area contributed by atoms with E-state index in [4.69, 9.17) is 11.6 Å². The number of quaternary nitrogens is 1. The van der Waals surface area contributed by atoms with Crippen LogP contribution in [0.25, 0.3) is 0 Å². The summed E-state index contributed by atoms with van der Waals surface area (Å²) in [7, 11) is 3.67. The summed E-state index contributed by atoms with van der Waals surface area (Å²) in [5, 5.41) is 3.40. The van der Waals surface area contributed by atoms with Gasteiger partial charge in [0.25, 0.3) is 5.91 Å². The molecule has 1 rings (SSSR count). The van der Waals surface area contributed by atoms with Gasteiger partial charge in [-0.3, -0.25) is 4.79 Å². The molecule has 16 heavy (non-hydrogen) atoms. The fourth-order valence-corrected chi connectivity index (χ4v) is 1.64. The van der Waals surface area contributed by atoms with E-state index in [1.165, 1.54) is 5.56 Å². The average molecular weight is 242 g/mol. The van der Waals surface area contributed by atoms with Crippen molar-refractivity contribution in [3.63, 3.8) is 0 Å². The van der Waals surface area contributed by atoms with Gasteiger partial charge in [-0.05, 0) is 19.1 Å². The molecule has 88 valence electrons. The molecule has 1 unspecified atom stereocenters. The molecule has 2 atom stereocenters. The van der Waals surface area contributed by atoms with Gasteiger partial charge in [0, 0.05) is 17.6 Å². The van der Waals surface area contributed by atoms with Crippen LogP contribution in [0.15, 0.2) is 24.3 Å². The van der Waals surface area contributed by atoms with E-state index in [-0.39, 0.29) is 11.9 Å². The Bertz CT molecular complexity index is 351. The van der Waals surface area contributed by atoms with Crippen LogP contribution < -0.4 is 10.2 Å². The molecule has 3 nitrogen and oxygen atoms in total. The third kappa shape index (κ3) is 3.51. The van der Waals surface area contributed by atoms with Crippen LogP contribution in [0.2, 0.25) is 5.02 Å². The Kier molecular flexibility index (Phi) is 4.77. The van der Waals surface area contributed by atoms with Crippen molar-refractivity contribution in [2.75, 3.05) is 14.1 Å². The Morgan fingerprint density at radius 1 is 1.44 bits per heavy atom. The fraction of sp³-hybridized carbons (Fsp3) is 0.417. The Hall–Kier alpha value is -1.06. The van der Waals surface area contributed by atoms with Gasteiger partial charge < -0.3 is 10.2 Å². The largest absolute Gasteiger partial charge is 0.354 e. The number of nitrogens with one attached hydrogen (secondary N) is 2. The molecule has 0 bridgehead atoms. The number of rotatable bonds is 4. The number of hydrogen-bond acceptors (Lipinski definition) is 1. The van der Waals surface area contributed by atoms with E-state index in [1.54, 1.807) is 7.05 Å². The SMILES string of the molecule is CNC(=O)[C@H](C)[NH+](C)Cc1ccc(Cl)cc1. The summed E-state index contributed by atoms with van der Waals surface area (Å²) in [6.45, 7) is 2.73. The summed E-state index contributed by atoms with van der Waals surface area (Å²) in [6.07, 6.45) is 0. The van der Waals surface area contributed by atoms with E-state index >= 15 is 0 Å². The number of benzene rings is 1. The number of carbonyl (C=O) groups is 1. The first-order chi connectivity index (χ1) is 7.54. The van der Waals surface area contributed by atoms with Crippen LogP contribution in [0.5, 0.6) is 0 Å². The van der Waals surface area contributed by atoms with Crippen LogP contribution in [0.4, 0.5) is 0 Å². The van der Waals surface area contributed by atoms with Crippen molar-refractivity contribution in [2.24, 2.45) is 0 Å². The second-order valence-corrected chi connectivity index (χ2v) is 4.42. The standard InChI is InChI=1S/C12H17ClN2O/c1-9(12(16)14-2)15(3)8-10-4-6-11(13)7-5-10/h4-7,9H,8H2,1-3H3,(H,14,16)/p+1/t9-/m0/s1. The van der Waals surface area contributed by atoms with Crippen molar-refractivity contribution in [1.29, 1.82) is 0 Å². The first-order valence-electron chi connectivity index (χ1n) is 5.33. The molecule has 1 amide bonds. The van der Waals surface area contributed by atoms with Gasteiger partial charge in [-0.2, -0.15) is 0 Å². The third-order valence-electron chi connectivity index (χ3n) is 2.78. The zero-order chi connectivity index (χ0) is 12.1. The van der Waals surface area contributed by atoms with Crippen LogP contribution >= 0.6 is 11.6 Å². The zero-order valence-corrected chi connectivity index (χ0v) is 10.6. The Morgan fingerprint density at radius 3 is 2.50 bits per heavy atom. The summed E-state index contributed by atoms with van der Waals surface area (Å²) in [5.74, 6) is 0.0615. The second kappa shape index (κ2) is 5.87. The highest BCUT2D eigenvalue weighted by Crippen LogP contribution is 2.08. The lowest BCUT2D eigenvalue weighted by Gasteiger charge is -2.20. The van der Waals surface area contributed by atoms with Gasteiger partial charge in [-0.25, -0.2) is 0 Å². The minimum atomic E-state index is -0.0549. The minimum absolute atomic E-state index is 0.0549. The first-order valence-corrected chi connectivity index (χ1v) is 5.70. The predicted octanol–water partition coefficient (Wildman–Crippen LogP) is 0.489. The predicted molar refractivity (Wildman–Crippen MR) is 65.6 cm³/mol. The van der Waals surface area contributed by atoms with Crippen molar-refractivity contribution in [2.45, 2.75) is 19.5 Å². The third-order valence-corrected chi connectivity index (χ3v) is 3.03. The lowest BCUT2D eigenvalue weighted by Crippen LogP contribution is -3.12. The van der Waals surface area contributed by atoms with Gasteiger partial charge >= 0.3 is 0 Å². The second-order valence-electron chi connectivity index (χ2n) is 3.99. The Labute approximate surface area is 101 Å². The van der Waals surface area contributed by atoms with Crippen molar-refractivity contribution in [3.8, 4) is 0 Å². The van der Waals surface area contributed by atoms with E-state index in [0.29, 0.717) is 0 Å². The van der Waals surface area contributed by atoms with Gasteiger partial charge in [0.05, 0.1) is 7.05 Å². The number of likely N-dealkylation sites (N-methyl/N-ethyl adjacent to an activating group) is 2. The molecule has 0 fully saturated rings. The molecule has 0 aliphatic heterocycles. The monoisotopic (exact) mass is 241 g/mol. The molecule has 1 aromatic rings. The molecular formula is C12H18ClN2O+. The maximum Gasteiger partial charge on any atom is 0.277 e. The molecule has 0 saturated heterocycles. The lowest BCUT2D eigenvalue weighted by atomic mass is 10.2. The molecule has 0 radical (unpaired) electrons. The van der Waals surface area contributed by atoms with Crippen LogP contribution in [0.3, 0.4) is 0 Å². The van der Waals surface area contributed by atoms with Gasteiger partial charge in [0.2, 0.25) is 0 Å². The molecule has 0 heterocycles. The van der Waals surface area contributed by atoms with Gasteiger partial charge in [-0.1, -0.05) is 23.7 Å². The lowest BCUT2D eigenvalue weighted by molar-refractivity contribution is -0.908. The normalized spacial score (nSPS) is 14.2. The van der Waals surface area contributed by atoms with Crippen molar-refractivity contribution >= 4 is 17.5 Å². The maximum atomic E-state index is 11.4. The maximum absolute atomic E-state index is 11.4. The van der Waals surface area contributed by atoms with Gasteiger partial charge in [0.15, 0.2) is 6.04 Å². The van der Waals surface area contributed by atoms with Crippen LogP contribution in [-0.4, -0.2) is 26.0 Å². The van der Waals surface area contributed by atoms with Crippen molar-refractivity contribution in [3.05, 3.63) is 34.9 Å². The molecule has 0 aliphatic carbocycles. The van der Waals surface area contributed by atoms with E-state index < -0.39 is 0 Å². The molecule has 0 aromatic heterocycles. The first kappa shape index (κ1) is 13.0. The number of hydrogen-bond donors (Lipinski definition) is 2. The molecule has 0 saturated carbocycles. The Morgan fingerprint density at radius 2 is 2.00 bits per heavy atom. The molecule has 0 aliphatic rings. The van der Waals surface area contributed by atoms with Crippen LogP contribution in [-0.2, 0) is 11.3 Å². The zero-order valence-electron chi connectivity index (χ0n) is 9.88. The van der Waals surface area contributed by atoms with Crippen molar-refractivity contribution in [1.82, 2.24) is 5.32 Å². The smallest absolute Gasteiger partial charge is 0.277 e. The van der Waals surface area contributed by atoms with Crippen LogP contribution in [0.1, 0.15) is 12.5 Å². The fourth-order valence-electron chi connectivity index (χ4n) is 1.52. The molecule has 4 heteroatoms. The van der Waals surface area contributed by atoms with Crippen LogP contribution in [0, 0.1) is 0 Å². The highest BCUT2D eigenvalue weighted by atomic mass is 35.5. The minimum Gasteiger partial charge on any atom is -0.354 e. The number of carbonyl (C=O) groups excluding carboxylic acids is 1. The summed E-state index contributed by atoms with van der Waals surface area (Å²) in [5.41, 5.74) is 1.18. The molecule has 0 spiro atoms. The highest BCUT2D eigenvalue weighted by molar-refractivity contribution is 6.30. The van der Waals surface area contributed by atoms with Gasteiger partial charge in [0.1, 0.15) is 6.54 Å². The summed E-state index contributed by atoms with van der Waals surface area (Å²) in [4.78, 5) is 12.6. The number of amides is 1. The molecule has 2 N–H and O–H groups in total. The quantitative estimate of drug-likeness (QED) is 0.791. The highest BCUT2D eigenvalue weighted by Gasteiger charge is 2.20. The van der Waals surface area contributed by atoms with E-state index in [0.717, 1.165) is 16.5 Å². The topological polar surface area (TPSA) is 33.5 Å². The Balaban J connectivity index is 2.60. The average Bonchev–Trinajstić information content (AvgIpc) is 2.30. The molecule has 1 aromatic carbocycles. The van der Waals surface area contributed by atoms with Crippen molar-refractivity contribution < 1.29 is 9.69 Å². The summed E-state index contributed by atoms with van der Waals surface area (Å²) < 4.78 is 0. The molecular weight excluding hydrogens is 224 g/mol. The van der Waals surface area contributed by atoms with E-state index in [9.17, 15) is 4.79 Å². The van der Waals surface area contributed by atoms with E-state index in [1.807, 2.05) is 38.2 Å². The van der Waals surface area contributed by atoms with E-state index in [2.05, 4.69) is 5.32 Å².